The Bertz CT molecular complexity index is 575. The van der Waals surface area contributed by atoms with Crippen molar-refractivity contribution in [2.24, 2.45) is 0 Å². The summed E-state index contributed by atoms with van der Waals surface area (Å²) in [5.74, 6) is 0.544. The maximum atomic E-state index is 10.6. The molecule has 0 spiro atoms. The first-order chi connectivity index (χ1) is 8.69. The minimum atomic E-state index is 0.368. The molecule has 0 saturated carbocycles. The first-order valence-corrected chi connectivity index (χ1v) is 6.33. The first-order valence-electron chi connectivity index (χ1n) is 5.16. The molecule has 2 rings (SSSR count). The largest absolute Gasteiger partial charge is 0.487 e. The second-order valence-corrected chi connectivity index (χ2v) is 4.93. The first kappa shape index (κ1) is 13.1. The Balaban J connectivity index is 2.08. The molecule has 0 bridgehead atoms. The Labute approximate surface area is 118 Å². The monoisotopic (exact) mass is 325 g/mol. The van der Waals surface area contributed by atoms with Crippen molar-refractivity contribution in [2.45, 2.75) is 6.61 Å². The molecule has 1 aromatic heterocycles. The van der Waals surface area contributed by atoms with Gasteiger partial charge in [0.15, 0.2) is 0 Å². The van der Waals surface area contributed by atoms with Gasteiger partial charge in [-0.3, -0.25) is 9.78 Å². The maximum Gasteiger partial charge on any atom is 0.150 e. The van der Waals surface area contributed by atoms with Crippen LogP contribution in [-0.4, -0.2) is 11.3 Å². The average Bonchev–Trinajstić information content (AvgIpc) is 2.37. The molecular formula is C13H9BrClNO2. The summed E-state index contributed by atoms with van der Waals surface area (Å²) in [5.41, 5.74) is 1.45. The van der Waals surface area contributed by atoms with Crippen molar-refractivity contribution in [1.29, 1.82) is 0 Å². The summed E-state index contributed by atoms with van der Waals surface area (Å²) in [6.45, 7) is 0.368. The predicted octanol–water partition coefficient (Wildman–Crippen LogP) is 3.89. The van der Waals surface area contributed by atoms with Crippen molar-refractivity contribution < 1.29 is 9.53 Å². The fourth-order valence-electron chi connectivity index (χ4n) is 1.40. The third-order valence-electron chi connectivity index (χ3n) is 2.25. The van der Waals surface area contributed by atoms with Crippen LogP contribution in [0.2, 0.25) is 5.02 Å². The number of carbonyl (C=O) groups is 1. The molecule has 92 valence electrons. The lowest BCUT2D eigenvalue weighted by Crippen LogP contribution is -1.97. The Morgan fingerprint density at radius 1 is 1.33 bits per heavy atom. The van der Waals surface area contributed by atoms with Crippen LogP contribution in [0.5, 0.6) is 5.75 Å². The van der Waals surface area contributed by atoms with Crippen LogP contribution in [-0.2, 0) is 6.61 Å². The van der Waals surface area contributed by atoms with Gasteiger partial charge in [0.25, 0.3) is 0 Å². The van der Waals surface area contributed by atoms with Gasteiger partial charge in [-0.15, -0.1) is 0 Å². The fraction of sp³-hybridized carbons (Fsp3) is 0.0769. The van der Waals surface area contributed by atoms with Crippen molar-refractivity contribution in [3.8, 4) is 5.75 Å². The number of nitrogens with zero attached hydrogens (tertiary/aromatic N) is 1. The summed E-state index contributed by atoms with van der Waals surface area (Å²) in [6.07, 6.45) is 4.17. The molecule has 1 heterocycles. The molecule has 0 aliphatic heterocycles. The van der Waals surface area contributed by atoms with Crippen LogP contribution in [0.25, 0.3) is 0 Å². The molecule has 0 amide bonds. The number of benzene rings is 1. The molecule has 5 heteroatoms. The van der Waals surface area contributed by atoms with E-state index in [-0.39, 0.29) is 0 Å². The molecule has 0 saturated heterocycles. The van der Waals surface area contributed by atoms with E-state index in [1.807, 2.05) is 6.07 Å². The number of halogens is 2. The Morgan fingerprint density at radius 3 is 2.83 bits per heavy atom. The zero-order chi connectivity index (χ0) is 13.0. The lowest BCUT2D eigenvalue weighted by molar-refractivity contribution is 0.112. The van der Waals surface area contributed by atoms with Crippen LogP contribution >= 0.6 is 27.5 Å². The summed E-state index contributed by atoms with van der Waals surface area (Å²) in [5, 5.41) is 0.419. The lowest BCUT2D eigenvalue weighted by Gasteiger charge is -2.08. The molecular weight excluding hydrogens is 318 g/mol. The molecule has 0 atom stereocenters. The van der Waals surface area contributed by atoms with Crippen LogP contribution in [0.1, 0.15) is 15.9 Å². The van der Waals surface area contributed by atoms with Crippen molar-refractivity contribution >= 4 is 33.8 Å². The summed E-state index contributed by atoms with van der Waals surface area (Å²) in [7, 11) is 0. The van der Waals surface area contributed by atoms with Crippen LogP contribution in [0.15, 0.2) is 41.1 Å². The molecule has 1 aromatic carbocycles. The number of carbonyl (C=O) groups excluding carboxylic acids is 1. The van der Waals surface area contributed by atoms with Gasteiger partial charge in [0.2, 0.25) is 0 Å². The third kappa shape index (κ3) is 3.31. The second kappa shape index (κ2) is 5.98. The van der Waals surface area contributed by atoms with E-state index >= 15 is 0 Å². The zero-order valence-electron chi connectivity index (χ0n) is 9.27. The molecule has 3 nitrogen and oxygen atoms in total. The standard InChI is InChI=1S/C13H9BrClNO2/c14-11-3-10(5-16-6-11)8-18-13-2-1-9(7-17)4-12(13)15/h1-7H,8H2. The third-order valence-corrected chi connectivity index (χ3v) is 2.98. The molecule has 18 heavy (non-hydrogen) atoms. The summed E-state index contributed by atoms with van der Waals surface area (Å²) < 4.78 is 6.46. The van der Waals surface area contributed by atoms with E-state index in [1.54, 1.807) is 30.6 Å². The zero-order valence-corrected chi connectivity index (χ0v) is 11.6. The van der Waals surface area contributed by atoms with E-state index in [0.29, 0.717) is 22.9 Å². The Morgan fingerprint density at radius 2 is 2.17 bits per heavy atom. The van der Waals surface area contributed by atoms with Gasteiger partial charge in [0, 0.05) is 28.0 Å². The molecule has 0 aliphatic carbocycles. The van der Waals surface area contributed by atoms with Crippen LogP contribution in [0.3, 0.4) is 0 Å². The van der Waals surface area contributed by atoms with Crippen LogP contribution in [0, 0.1) is 0 Å². The lowest BCUT2D eigenvalue weighted by atomic mass is 10.2. The van der Waals surface area contributed by atoms with Crippen molar-refractivity contribution in [3.05, 3.63) is 57.3 Å². The smallest absolute Gasteiger partial charge is 0.150 e. The molecule has 0 unspecified atom stereocenters. The number of ether oxygens (including phenoxy) is 1. The van der Waals surface area contributed by atoms with Gasteiger partial charge in [-0.25, -0.2) is 0 Å². The number of pyridine rings is 1. The van der Waals surface area contributed by atoms with Gasteiger partial charge >= 0.3 is 0 Å². The summed E-state index contributed by atoms with van der Waals surface area (Å²) in [6, 6.07) is 6.83. The highest BCUT2D eigenvalue weighted by Gasteiger charge is 2.03. The van der Waals surface area contributed by atoms with Gasteiger partial charge in [-0.05, 0) is 40.2 Å². The highest BCUT2D eigenvalue weighted by Crippen LogP contribution is 2.25. The van der Waals surface area contributed by atoms with E-state index in [4.69, 9.17) is 16.3 Å². The van der Waals surface area contributed by atoms with E-state index in [0.717, 1.165) is 16.3 Å². The minimum Gasteiger partial charge on any atom is -0.487 e. The second-order valence-electron chi connectivity index (χ2n) is 3.61. The predicted molar refractivity (Wildman–Crippen MR) is 73.1 cm³/mol. The molecule has 0 aliphatic rings. The highest BCUT2D eigenvalue weighted by atomic mass is 79.9. The normalized spacial score (nSPS) is 10.1. The van der Waals surface area contributed by atoms with Crippen molar-refractivity contribution in [1.82, 2.24) is 4.98 Å². The van der Waals surface area contributed by atoms with E-state index in [9.17, 15) is 4.79 Å². The minimum absolute atomic E-state index is 0.368. The van der Waals surface area contributed by atoms with Crippen molar-refractivity contribution in [3.63, 3.8) is 0 Å². The number of hydrogen-bond acceptors (Lipinski definition) is 3. The summed E-state index contributed by atoms with van der Waals surface area (Å²) >= 11 is 9.34. The topological polar surface area (TPSA) is 39.2 Å². The van der Waals surface area contributed by atoms with Gasteiger partial charge in [0.05, 0.1) is 5.02 Å². The SMILES string of the molecule is O=Cc1ccc(OCc2cncc(Br)c2)c(Cl)c1. The van der Waals surface area contributed by atoms with Gasteiger partial charge in [-0.1, -0.05) is 11.6 Å². The maximum absolute atomic E-state index is 10.6. The average molecular weight is 327 g/mol. The van der Waals surface area contributed by atoms with E-state index in [1.165, 1.54) is 0 Å². The van der Waals surface area contributed by atoms with Crippen LogP contribution in [0.4, 0.5) is 0 Å². The van der Waals surface area contributed by atoms with E-state index in [2.05, 4.69) is 20.9 Å². The van der Waals surface area contributed by atoms with Gasteiger partial charge < -0.3 is 4.74 Å². The molecule has 0 N–H and O–H groups in total. The summed E-state index contributed by atoms with van der Waals surface area (Å²) in [4.78, 5) is 14.6. The number of aldehydes is 1. The molecule has 0 fully saturated rings. The van der Waals surface area contributed by atoms with Gasteiger partial charge in [0.1, 0.15) is 18.6 Å². The number of hydrogen-bond donors (Lipinski definition) is 0. The van der Waals surface area contributed by atoms with Crippen molar-refractivity contribution in [2.75, 3.05) is 0 Å². The highest BCUT2D eigenvalue weighted by molar-refractivity contribution is 9.10. The van der Waals surface area contributed by atoms with Gasteiger partial charge in [-0.2, -0.15) is 0 Å². The Hall–Kier alpha value is -1.39. The molecule has 0 radical (unpaired) electrons. The number of rotatable bonds is 4. The van der Waals surface area contributed by atoms with Crippen LogP contribution < -0.4 is 4.74 Å². The number of aromatic nitrogens is 1. The van der Waals surface area contributed by atoms with E-state index < -0.39 is 0 Å². The fourth-order valence-corrected chi connectivity index (χ4v) is 2.06. The molecule has 2 aromatic rings. The Kier molecular flexibility index (Phi) is 4.33. The quantitative estimate of drug-likeness (QED) is 0.800.